The number of likely N-dealkylation sites (N-methyl/N-ethyl adjacent to an activating group) is 1. The van der Waals surface area contributed by atoms with Crippen molar-refractivity contribution in [3.05, 3.63) is 17.2 Å². The summed E-state index contributed by atoms with van der Waals surface area (Å²) < 4.78 is 10.8. The number of aliphatic hydroxyl groups is 1. The van der Waals surface area contributed by atoms with Gasteiger partial charge in [0.15, 0.2) is 5.78 Å². The Hall–Kier alpha value is -2.12. The van der Waals surface area contributed by atoms with E-state index in [0.717, 1.165) is 38.6 Å². The lowest BCUT2D eigenvalue weighted by Crippen LogP contribution is -2.40. The summed E-state index contributed by atoms with van der Waals surface area (Å²) in [5.41, 5.74) is 0.413. The fourth-order valence-electron chi connectivity index (χ4n) is 4.84. The Balaban J connectivity index is 1.94. The van der Waals surface area contributed by atoms with Gasteiger partial charge in [-0.05, 0) is 32.9 Å². The van der Waals surface area contributed by atoms with Gasteiger partial charge in [-0.25, -0.2) is 0 Å². The molecule has 7 nitrogen and oxygen atoms in total. The normalized spacial score (nSPS) is 23.2. The van der Waals surface area contributed by atoms with Gasteiger partial charge in [0.05, 0.1) is 26.7 Å². The number of phenols is 1. The molecule has 3 rings (SSSR count). The minimum absolute atomic E-state index is 0.00332. The lowest BCUT2D eigenvalue weighted by Gasteiger charge is -2.35. The Labute approximate surface area is 178 Å². The van der Waals surface area contributed by atoms with Crippen LogP contribution in [0.5, 0.6) is 17.2 Å². The van der Waals surface area contributed by atoms with Gasteiger partial charge in [0.2, 0.25) is 0 Å². The average molecular weight is 420 g/mol. The predicted octanol–water partition coefficient (Wildman–Crippen LogP) is 2.91. The minimum atomic E-state index is -0.705. The highest BCUT2D eigenvalue weighted by molar-refractivity contribution is 6.11. The number of aliphatic hydroxyl groups excluding tert-OH is 1. The molecule has 0 bridgehead atoms. The maximum Gasteiger partial charge on any atom is 0.177 e. The molecular weight excluding hydrogens is 386 g/mol. The molecule has 0 amide bonds. The summed E-state index contributed by atoms with van der Waals surface area (Å²) in [6, 6.07) is 1.57. The summed E-state index contributed by atoms with van der Waals surface area (Å²) in [7, 11) is 4.82. The fraction of sp³-hybridized carbons (Fsp3) is 0.652. The van der Waals surface area contributed by atoms with Gasteiger partial charge in [-0.3, -0.25) is 9.59 Å². The first-order valence-corrected chi connectivity index (χ1v) is 10.8. The van der Waals surface area contributed by atoms with E-state index in [1.807, 2.05) is 11.9 Å². The third kappa shape index (κ3) is 4.62. The Morgan fingerprint density at radius 3 is 2.37 bits per heavy atom. The van der Waals surface area contributed by atoms with Crippen molar-refractivity contribution in [1.29, 1.82) is 0 Å². The van der Waals surface area contributed by atoms with Crippen molar-refractivity contribution in [3.8, 4) is 17.2 Å². The van der Waals surface area contributed by atoms with Crippen LogP contribution in [0.4, 0.5) is 0 Å². The van der Waals surface area contributed by atoms with E-state index in [9.17, 15) is 19.8 Å². The van der Waals surface area contributed by atoms with Gasteiger partial charge in [-0.15, -0.1) is 0 Å². The fourth-order valence-corrected chi connectivity index (χ4v) is 4.84. The quantitative estimate of drug-likeness (QED) is 0.518. The molecule has 7 heteroatoms. The Bertz CT molecular complexity index is 786. The number of rotatable bonds is 7. The standard InChI is InChI=1S/C23H33NO6/c1-24-10-9-15(18(27)13-24)21-19(29-2)12-20(30-3)22(23(21)28)17(26)11-16(25)14-7-5-4-6-8-14/h12,14-15,18,27-28H,4-11,13H2,1-3H3/t15-,18+/m0/s1. The number of phenolic OH excluding ortho intramolecular Hbond substituents is 1. The highest BCUT2D eigenvalue weighted by Crippen LogP contribution is 2.46. The van der Waals surface area contributed by atoms with Crippen molar-refractivity contribution in [3.63, 3.8) is 0 Å². The molecule has 1 aromatic rings. The number of hydrogen-bond acceptors (Lipinski definition) is 7. The summed E-state index contributed by atoms with van der Waals surface area (Å²) in [6.45, 7) is 1.21. The molecule has 30 heavy (non-hydrogen) atoms. The number of hydrogen-bond donors (Lipinski definition) is 2. The zero-order valence-electron chi connectivity index (χ0n) is 18.1. The van der Waals surface area contributed by atoms with Crippen molar-refractivity contribution in [2.75, 3.05) is 34.4 Å². The number of ketones is 2. The Kier molecular flexibility index (Phi) is 7.36. The second-order valence-corrected chi connectivity index (χ2v) is 8.54. The van der Waals surface area contributed by atoms with Gasteiger partial charge in [-0.1, -0.05) is 19.3 Å². The summed E-state index contributed by atoms with van der Waals surface area (Å²) >= 11 is 0. The summed E-state index contributed by atoms with van der Waals surface area (Å²) in [6.07, 6.45) is 4.46. The molecule has 2 N–H and O–H groups in total. The Morgan fingerprint density at radius 2 is 1.77 bits per heavy atom. The monoisotopic (exact) mass is 419 g/mol. The van der Waals surface area contributed by atoms with Crippen LogP contribution >= 0.6 is 0 Å². The van der Waals surface area contributed by atoms with Crippen molar-refractivity contribution in [2.24, 2.45) is 5.92 Å². The molecule has 1 aliphatic heterocycles. The van der Waals surface area contributed by atoms with Crippen LogP contribution in [0, 0.1) is 5.92 Å². The van der Waals surface area contributed by atoms with E-state index in [1.54, 1.807) is 6.07 Å². The molecule has 1 saturated carbocycles. The van der Waals surface area contributed by atoms with Crippen molar-refractivity contribution in [1.82, 2.24) is 4.90 Å². The molecule has 0 unspecified atom stereocenters. The number of nitrogens with zero attached hydrogens (tertiary/aromatic N) is 1. The molecule has 0 aromatic heterocycles. The van der Waals surface area contributed by atoms with E-state index < -0.39 is 11.9 Å². The van der Waals surface area contributed by atoms with Gasteiger partial charge in [0.25, 0.3) is 0 Å². The maximum absolute atomic E-state index is 13.1. The van der Waals surface area contributed by atoms with E-state index >= 15 is 0 Å². The smallest absolute Gasteiger partial charge is 0.177 e. The number of β-amino-alcohol motifs (C(OH)–C–C–N with tert-alkyl or cyclic N) is 1. The number of ether oxygens (including phenoxy) is 2. The van der Waals surface area contributed by atoms with E-state index in [1.165, 1.54) is 14.2 Å². The van der Waals surface area contributed by atoms with Crippen LogP contribution in [0.25, 0.3) is 0 Å². The van der Waals surface area contributed by atoms with Crippen LogP contribution in [0.2, 0.25) is 0 Å². The van der Waals surface area contributed by atoms with E-state index in [4.69, 9.17) is 9.47 Å². The summed E-state index contributed by atoms with van der Waals surface area (Å²) in [5.74, 6) is -0.678. The Morgan fingerprint density at radius 1 is 1.10 bits per heavy atom. The third-order valence-electron chi connectivity index (χ3n) is 6.54. The van der Waals surface area contributed by atoms with Crippen LogP contribution in [-0.4, -0.2) is 67.1 Å². The second-order valence-electron chi connectivity index (χ2n) is 8.54. The highest BCUT2D eigenvalue weighted by atomic mass is 16.5. The van der Waals surface area contributed by atoms with E-state index in [-0.39, 0.29) is 41.1 Å². The second kappa shape index (κ2) is 9.79. The molecule has 2 atom stereocenters. The molecule has 2 aliphatic rings. The highest BCUT2D eigenvalue weighted by Gasteiger charge is 2.35. The molecule has 0 radical (unpaired) electrons. The zero-order chi connectivity index (χ0) is 21.8. The topological polar surface area (TPSA) is 96.3 Å². The molecule has 1 heterocycles. The van der Waals surface area contributed by atoms with Crippen LogP contribution in [0.3, 0.4) is 0 Å². The van der Waals surface area contributed by atoms with Crippen LogP contribution < -0.4 is 9.47 Å². The molecule has 1 saturated heterocycles. The van der Waals surface area contributed by atoms with E-state index in [2.05, 4.69) is 0 Å². The van der Waals surface area contributed by atoms with Crippen LogP contribution in [-0.2, 0) is 4.79 Å². The lowest BCUT2D eigenvalue weighted by atomic mass is 9.82. The van der Waals surface area contributed by atoms with E-state index in [0.29, 0.717) is 24.3 Å². The van der Waals surface area contributed by atoms with Crippen molar-refractivity contribution >= 4 is 11.6 Å². The predicted molar refractivity (Wildman–Crippen MR) is 113 cm³/mol. The number of carbonyl (C=O) groups is 2. The third-order valence-corrected chi connectivity index (χ3v) is 6.54. The number of benzene rings is 1. The first-order valence-electron chi connectivity index (χ1n) is 10.8. The molecular formula is C23H33NO6. The van der Waals surface area contributed by atoms with Gasteiger partial charge in [0, 0.05) is 30.0 Å². The first-order chi connectivity index (χ1) is 14.4. The first kappa shape index (κ1) is 22.6. The molecule has 166 valence electrons. The summed E-state index contributed by atoms with van der Waals surface area (Å²) in [4.78, 5) is 27.8. The van der Waals surface area contributed by atoms with Crippen LogP contribution in [0.15, 0.2) is 6.07 Å². The molecule has 1 aliphatic carbocycles. The number of Topliss-reactive ketones (excluding diaryl/α,β-unsaturated/α-hetero) is 2. The number of piperidine rings is 1. The number of methoxy groups -OCH3 is 2. The maximum atomic E-state index is 13.1. The van der Waals surface area contributed by atoms with Crippen molar-refractivity contribution < 1.29 is 29.3 Å². The largest absolute Gasteiger partial charge is 0.507 e. The molecule has 0 spiro atoms. The molecule has 1 aromatic carbocycles. The van der Waals surface area contributed by atoms with Gasteiger partial charge < -0.3 is 24.6 Å². The number of carbonyl (C=O) groups excluding carboxylic acids is 2. The van der Waals surface area contributed by atoms with Crippen LogP contribution in [0.1, 0.15) is 66.8 Å². The van der Waals surface area contributed by atoms with Gasteiger partial charge in [0.1, 0.15) is 28.6 Å². The van der Waals surface area contributed by atoms with Crippen molar-refractivity contribution in [2.45, 2.75) is 57.0 Å². The zero-order valence-corrected chi connectivity index (χ0v) is 18.1. The number of aromatic hydroxyl groups is 1. The summed E-state index contributed by atoms with van der Waals surface area (Å²) in [5, 5.41) is 21.8. The number of likely N-dealkylation sites (tertiary alicyclic amines) is 1. The SMILES string of the molecule is COc1cc(OC)c([C@H]2CCN(C)C[C@H]2O)c(O)c1C(=O)CC(=O)C1CCCCC1. The average Bonchev–Trinajstić information content (AvgIpc) is 2.74. The minimum Gasteiger partial charge on any atom is -0.507 e. The molecule has 2 fully saturated rings. The van der Waals surface area contributed by atoms with Gasteiger partial charge >= 0.3 is 0 Å². The van der Waals surface area contributed by atoms with Gasteiger partial charge in [-0.2, -0.15) is 0 Å². The lowest BCUT2D eigenvalue weighted by molar-refractivity contribution is -0.122.